The van der Waals surface area contributed by atoms with Gasteiger partial charge in [0.25, 0.3) is 0 Å². The first-order valence-corrected chi connectivity index (χ1v) is 2.05. The number of aromatic nitrogens is 2. The van der Waals surface area contributed by atoms with Crippen molar-refractivity contribution in [2.45, 2.75) is 0 Å². The molecule has 0 saturated heterocycles. The van der Waals surface area contributed by atoms with E-state index in [4.69, 9.17) is 0 Å². The van der Waals surface area contributed by atoms with Crippen molar-refractivity contribution in [1.82, 2.24) is 9.59 Å². The minimum Gasteiger partial charge on any atom is -0.269 e. The zero-order valence-electron chi connectivity index (χ0n) is 2.87. The molecule has 0 unspecified atom stereocenters. The highest BCUT2D eigenvalue weighted by Crippen LogP contribution is 1.78. The second-order valence-electron chi connectivity index (χ2n) is 0.588. The van der Waals surface area contributed by atoms with Crippen molar-refractivity contribution in [3.8, 4) is 0 Å². The van der Waals surface area contributed by atoms with E-state index in [0.717, 1.165) is 0 Å². The van der Waals surface area contributed by atoms with E-state index in [9.17, 15) is 0 Å². The number of hydrogen-bond donors (Lipinski definition) is 0. The van der Waals surface area contributed by atoms with Gasteiger partial charge in [-0.15, -0.1) is 5.10 Å². The Morgan fingerprint density at radius 1 is 1.50 bits per heavy atom. The minimum absolute atomic E-state index is 0. The smallest absolute Gasteiger partial charge is 0.0620 e. The number of hydrogen-bond acceptors (Lipinski definition) is 3. The van der Waals surface area contributed by atoms with E-state index < -0.39 is 0 Å². The summed E-state index contributed by atoms with van der Waals surface area (Å²) in [6, 6.07) is 0. The van der Waals surface area contributed by atoms with Gasteiger partial charge < -0.3 is 0 Å². The van der Waals surface area contributed by atoms with Crippen molar-refractivity contribution in [2.75, 3.05) is 0 Å². The lowest BCUT2D eigenvalue weighted by Crippen LogP contribution is -1.51. The third-order valence-electron chi connectivity index (χ3n) is 0.283. The quantitative estimate of drug-likeness (QED) is 0.486. The maximum atomic E-state index is 3.51. The van der Waals surface area contributed by atoms with Crippen LogP contribution in [0.5, 0.6) is 0 Å². The lowest BCUT2D eigenvalue weighted by Gasteiger charge is -1.40. The van der Waals surface area contributed by atoms with Gasteiger partial charge in [-0.3, -0.25) is 4.70 Å². The van der Waals surface area contributed by atoms with Crippen LogP contribution in [0.4, 0.5) is 4.70 Å². The van der Waals surface area contributed by atoms with E-state index in [0.29, 0.717) is 0 Å². The number of nitrogens with zero attached hydrogens (tertiary/aromatic N) is 2. The Bertz CT molecular complexity index is 68.0. The molecular weight excluding hydrogens is 103 g/mol. The van der Waals surface area contributed by atoms with Gasteiger partial charge in [0.05, 0.1) is 6.20 Å². The maximum absolute atomic E-state index is 3.51. The second-order valence-corrected chi connectivity index (χ2v) is 1.23. The van der Waals surface area contributed by atoms with Gasteiger partial charge >= 0.3 is 0 Å². The summed E-state index contributed by atoms with van der Waals surface area (Å²) in [5.41, 5.74) is 0. The van der Waals surface area contributed by atoms with Crippen LogP contribution in [-0.2, 0) is 0 Å². The molecule has 1 aromatic rings. The summed E-state index contributed by atoms with van der Waals surface area (Å²) >= 11 is 1.35. The molecule has 0 aliphatic rings. The molecule has 0 aliphatic heterocycles. The molecule has 1 rings (SSSR count). The Morgan fingerprint density at radius 3 is 2.50 bits per heavy atom. The molecule has 0 N–H and O–H groups in total. The zero-order chi connectivity index (χ0) is 3.54. The third kappa shape index (κ3) is 1.07. The molecule has 4 heteroatoms. The largest absolute Gasteiger partial charge is 0.269 e. The van der Waals surface area contributed by atoms with Gasteiger partial charge in [-0.25, -0.2) is 0 Å². The van der Waals surface area contributed by atoms with Crippen LogP contribution in [0.25, 0.3) is 0 Å². The highest BCUT2D eigenvalue weighted by Gasteiger charge is 1.61. The molecule has 34 valence electrons. The maximum Gasteiger partial charge on any atom is 0.0620 e. The molecule has 0 amide bonds. The van der Waals surface area contributed by atoms with Crippen molar-refractivity contribution in [2.24, 2.45) is 0 Å². The molecule has 6 heavy (non-hydrogen) atoms. The summed E-state index contributed by atoms with van der Waals surface area (Å²) in [6.45, 7) is 0. The molecule has 0 spiro atoms. The van der Waals surface area contributed by atoms with Crippen LogP contribution in [0, 0.1) is 0 Å². The standard InChI is InChI=1S/C2H2N2S.FH/c1-2-5-4-3-1;/h1-2H;1H. The summed E-state index contributed by atoms with van der Waals surface area (Å²) in [4.78, 5) is 0. The predicted molar refractivity (Wildman–Crippen MR) is 22.4 cm³/mol. The van der Waals surface area contributed by atoms with E-state index in [1.54, 1.807) is 6.20 Å². The first-order valence-electron chi connectivity index (χ1n) is 1.21. The number of halogens is 1. The molecule has 0 atom stereocenters. The summed E-state index contributed by atoms with van der Waals surface area (Å²) in [7, 11) is 0. The second kappa shape index (κ2) is 2.71. The van der Waals surface area contributed by atoms with Crippen molar-refractivity contribution in [3.63, 3.8) is 0 Å². The van der Waals surface area contributed by atoms with Gasteiger partial charge in [0.15, 0.2) is 0 Å². The number of rotatable bonds is 0. The first-order chi connectivity index (χ1) is 2.50. The lowest BCUT2D eigenvalue weighted by atomic mass is 11.1. The third-order valence-corrected chi connectivity index (χ3v) is 0.715. The lowest BCUT2D eigenvalue weighted by molar-refractivity contribution is 1.11. The van der Waals surface area contributed by atoms with Crippen LogP contribution < -0.4 is 0 Å². The van der Waals surface area contributed by atoms with Crippen LogP contribution in [0.15, 0.2) is 11.6 Å². The zero-order valence-corrected chi connectivity index (χ0v) is 3.68. The van der Waals surface area contributed by atoms with E-state index >= 15 is 0 Å². The van der Waals surface area contributed by atoms with Gasteiger partial charge in [0.2, 0.25) is 0 Å². The highest BCUT2D eigenvalue weighted by molar-refractivity contribution is 7.03. The average Bonchev–Trinajstić information content (AvgIpc) is 1.76. The van der Waals surface area contributed by atoms with Gasteiger partial charge in [-0.1, -0.05) is 4.49 Å². The minimum atomic E-state index is 0. The van der Waals surface area contributed by atoms with Crippen LogP contribution in [0.3, 0.4) is 0 Å². The monoisotopic (exact) mass is 106 g/mol. The van der Waals surface area contributed by atoms with Gasteiger partial charge in [0, 0.05) is 5.38 Å². The Morgan fingerprint density at radius 2 is 2.33 bits per heavy atom. The highest BCUT2D eigenvalue weighted by atomic mass is 32.1. The van der Waals surface area contributed by atoms with Gasteiger partial charge in [0.1, 0.15) is 0 Å². The van der Waals surface area contributed by atoms with Crippen molar-refractivity contribution in [3.05, 3.63) is 11.6 Å². The van der Waals surface area contributed by atoms with Crippen molar-refractivity contribution in [1.29, 1.82) is 0 Å². The molecule has 1 heterocycles. The predicted octanol–water partition coefficient (Wildman–Crippen LogP) is 0.691. The topological polar surface area (TPSA) is 25.8 Å². The Hall–Kier alpha value is -0.510. The SMILES string of the molecule is F.c1csnn1. The van der Waals surface area contributed by atoms with Gasteiger partial charge in [-0.05, 0) is 11.5 Å². The van der Waals surface area contributed by atoms with Crippen LogP contribution in [0.1, 0.15) is 0 Å². The molecule has 1 aromatic heterocycles. The van der Waals surface area contributed by atoms with E-state index in [-0.39, 0.29) is 4.70 Å². The molecule has 0 saturated carbocycles. The molecular formula is C2H3FN2S. The normalized spacial score (nSPS) is 6.67. The molecule has 0 aromatic carbocycles. The molecule has 0 radical (unpaired) electrons. The van der Waals surface area contributed by atoms with Crippen molar-refractivity contribution < 1.29 is 4.70 Å². The molecule has 0 aliphatic carbocycles. The van der Waals surface area contributed by atoms with E-state index in [1.807, 2.05) is 5.38 Å². The van der Waals surface area contributed by atoms with E-state index in [1.165, 1.54) is 11.5 Å². The fourth-order valence-corrected chi connectivity index (χ4v) is 0.408. The fraction of sp³-hybridized carbons (Fsp3) is 0. The van der Waals surface area contributed by atoms with Crippen LogP contribution >= 0.6 is 11.5 Å². The van der Waals surface area contributed by atoms with E-state index in [2.05, 4.69) is 9.59 Å². The summed E-state index contributed by atoms with van der Waals surface area (Å²) < 4.78 is 3.51. The Kier molecular flexibility index (Phi) is 2.48. The first kappa shape index (κ1) is 5.49. The van der Waals surface area contributed by atoms with Crippen molar-refractivity contribution >= 4 is 11.5 Å². The molecule has 0 fully saturated rings. The molecule has 0 bridgehead atoms. The fourth-order valence-electron chi connectivity index (χ4n) is 0.136. The average molecular weight is 106 g/mol. The summed E-state index contributed by atoms with van der Waals surface area (Å²) in [6.07, 6.45) is 1.66. The summed E-state index contributed by atoms with van der Waals surface area (Å²) in [5, 5.41) is 5.31. The summed E-state index contributed by atoms with van der Waals surface area (Å²) in [5.74, 6) is 0. The Labute approximate surface area is 38.3 Å². The van der Waals surface area contributed by atoms with Crippen LogP contribution in [0.2, 0.25) is 0 Å². The Balaban J connectivity index is 0.000000250. The van der Waals surface area contributed by atoms with Crippen LogP contribution in [-0.4, -0.2) is 9.59 Å². The van der Waals surface area contributed by atoms with Gasteiger partial charge in [-0.2, -0.15) is 0 Å². The molecule has 2 nitrogen and oxygen atoms in total.